The number of amides is 1. The van der Waals surface area contributed by atoms with Gasteiger partial charge in [-0.3, -0.25) is 9.59 Å². The molecule has 0 aliphatic rings. The summed E-state index contributed by atoms with van der Waals surface area (Å²) in [5, 5.41) is 11.2. The highest BCUT2D eigenvalue weighted by atomic mass is 79.9. The van der Waals surface area contributed by atoms with Crippen LogP contribution in [0.2, 0.25) is 0 Å². The molecule has 0 heterocycles. The van der Waals surface area contributed by atoms with Crippen molar-refractivity contribution in [3.05, 3.63) is 34.3 Å². The van der Waals surface area contributed by atoms with E-state index in [1.165, 1.54) is 6.08 Å². The Kier molecular flexibility index (Phi) is 7.53. The number of ether oxygens (including phenoxy) is 1. The van der Waals surface area contributed by atoms with Crippen LogP contribution in [-0.2, 0) is 9.59 Å². The molecular weight excluding hydrogens is 338 g/mol. The third-order valence-electron chi connectivity index (χ3n) is 2.72. The molecule has 21 heavy (non-hydrogen) atoms. The molecular formula is C15H18BrNO4. The number of carbonyl (C=O) groups is 2. The quantitative estimate of drug-likeness (QED) is 0.555. The van der Waals surface area contributed by atoms with Crippen LogP contribution in [0.15, 0.2) is 28.7 Å². The Hall–Kier alpha value is -1.82. The summed E-state index contributed by atoms with van der Waals surface area (Å²) in [5.74, 6) is -0.279. The molecule has 6 heteroatoms. The molecule has 114 valence electrons. The van der Waals surface area contributed by atoms with E-state index in [0.717, 1.165) is 15.8 Å². The van der Waals surface area contributed by atoms with Gasteiger partial charge in [-0.1, -0.05) is 6.07 Å². The van der Waals surface area contributed by atoms with E-state index >= 15 is 0 Å². The van der Waals surface area contributed by atoms with Gasteiger partial charge in [0, 0.05) is 19.0 Å². The zero-order valence-corrected chi connectivity index (χ0v) is 13.4. The van der Waals surface area contributed by atoms with E-state index in [2.05, 4.69) is 21.2 Å². The van der Waals surface area contributed by atoms with Gasteiger partial charge in [0.2, 0.25) is 5.91 Å². The fourth-order valence-corrected chi connectivity index (χ4v) is 2.19. The van der Waals surface area contributed by atoms with Crippen LogP contribution in [0, 0.1) is 0 Å². The summed E-state index contributed by atoms with van der Waals surface area (Å²) in [4.78, 5) is 21.9. The van der Waals surface area contributed by atoms with Crippen molar-refractivity contribution in [2.45, 2.75) is 19.3 Å². The molecule has 0 aliphatic carbocycles. The number of nitrogens with one attached hydrogen (secondary N) is 1. The first-order valence-electron chi connectivity index (χ1n) is 6.54. The second kappa shape index (κ2) is 9.18. The normalized spacial score (nSPS) is 10.6. The highest BCUT2D eigenvalue weighted by molar-refractivity contribution is 9.10. The van der Waals surface area contributed by atoms with E-state index < -0.39 is 5.97 Å². The Balaban J connectivity index is 2.36. The number of halogens is 1. The summed E-state index contributed by atoms with van der Waals surface area (Å²) in [5.41, 5.74) is 0.878. The molecule has 0 atom stereocenters. The van der Waals surface area contributed by atoms with Crippen LogP contribution in [0.1, 0.15) is 24.8 Å². The first kappa shape index (κ1) is 17.2. The Bertz CT molecular complexity index is 528. The van der Waals surface area contributed by atoms with E-state index in [4.69, 9.17) is 9.84 Å². The molecule has 0 aliphatic heterocycles. The molecule has 0 aromatic heterocycles. The molecule has 0 radical (unpaired) electrons. The van der Waals surface area contributed by atoms with Crippen LogP contribution < -0.4 is 10.1 Å². The van der Waals surface area contributed by atoms with E-state index in [-0.39, 0.29) is 12.3 Å². The number of unbranched alkanes of at least 4 members (excludes halogenated alkanes) is 1. The number of rotatable bonds is 8. The lowest BCUT2D eigenvalue weighted by Gasteiger charge is -2.03. The maximum absolute atomic E-state index is 11.6. The molecule has 0 bridgehead atoms. The number of carboxylic acids is 1. The lowest BCUT2D eigenvalue weighted by Crippen LogP contribution is -2.22. The average molecular weight is 356 g/mol. The molecule has 0 saturated heterocycles. The fraction of sp³-hybridized carbons (Fsp3) is 0.333. The summed E-state index contributed by atoms with van der Waals surface area (Å²) in [6, 6.07) is 5.52. The van der Waals surface area contributed by atoms with Crippen molar-refractivity contribution in [2.24, 2.45) is 0 Å². The topological polar surface area (TPSA) is 75.6 Å². The minimum Gasteiger partial charge on any atom is -0.496 e. The van der Waals surface area contributed by atoms with Crippen LogP contribution in [0.3, 0.4) is 0 Å². The Labute approximate surface area is 132 Å². The van der Waals surface area contributed by atoms with E-state index in [1.54, 1.807) is 13.2 Å². The highest BCUT2D eigenvalue weighted by Crippen LogP contribution is 2.25. The molecule has 0 saturated carbocycles. The van der Waals surface area contributed by atoms with E-state index in [1.807, 2.05) is 18.2 Å². The second-order valence-electron chi connectivity index (χ2n) is 4.37. The third-order valence-corrected chi connectivity index (χ3v) is 3.34. The molecule has 1 rings (SSSR count). The van der Waals surface area contributed by atoms with E-state index in [9.17, 15) is 9.59 Å². The van der Waals surface area contributed by atoms with Crippen LogP contribution >= 0.6 is 15.9 Å². The average Bonchev–Trinajstić information content (AvgIpc) is 2.44. The maximum atomic E-state index is 11.6. The van der Waals surface area contributed by atoms with Gasteiger partial charge in [0.05, 0.1) is 11.6 Å². The van der Waals surface area contributed by atoms with Gasteiger partial charge in [0.1, 0.15) is 5.75 Å². The minimum atomic E-state index is -0.814. The molecule has 2 N–H and O–H groups in total. The van der Waals surface area contributed by atoms with E-state index in [0.29, 0.717) is 19.4 Å². The predicted molar refractivity (Wildman–Crippen MR) is 84.2 cm³/mol. The van der Waals surface area contributed by atoms with Gasteiger partial charge >= 0.3 is 5.97 Å². The fourth-order valence-electron chi connectivity index (χ4n) is 1.63. The summed E-state index contributed by atoms with van der Waals surface area (Å²) < 4.78 is 5.95. The number of hydrogen-bond donors (Lipinski definition) is 2. The highest BCUT2D eigenvalue weighted by Gasteiger charge is 2.01. The number of aliphatic carboxylic acids is 1. The number of methoxy groups -OCH3 is 1. The predicted octanol–water partition coefficient (Wildman–Crippen LogP) is 2.84. The number of hydrogen-bond acceptors (Lipinski definition) is 3. The van der Waals surface area contributed by atoms with Gasteiger partial charge in [-0.05, 0) is 52.5 Å². The van der Waals surface area contributed by atoms with Crippen LogP contribution in [0.4, 0.5) is 0 Å². The molecule has 1 amide bonds. The van der Waals surface area contributed by atoms with Gasteiger partial charge in [-0.15, -0.1) is 0 Å². The molecule has 1 aromatic carbocycles. The minimum absolute atomic E-state index is 0.131. The molecule has 0 spiro atoms. The molecule has 5 nitrogen and oxygen atoms in total. The van der Waals surface area contributed by atoms with Crippen molar-refractivity contribution < 1.29 is 19.4 Å². The molecule has 0 unspecified atom stereocenters. The lowest BCUT2D eigenvalue weighted by molar-refractivity contribution is -0.137. The lowest BCUT2D eigenvalue weighted by atomic mass is 10.2. The summed E-state index contributed by atoms with van der Waals surface area (Å²) >= 11 is 3.38. The zero-order chi connectivity index (χ0) is 15.7. The van der Waals surface area contributed by atoms with Crippen molar-refractivity contribution in [3.63, 3.8) is 0 Å². The van der Waals surface area contributed by atoms with Crippen LogP contribution in [-0.4, -0.2) is 30.6 Å². The van der Waals surface area contributed by atoms with Gasteiger partial charge in [0.15, 0.2) is 0 Å². The van der Waals surface area contributed by atoms with Crippen molar-refractivity contribution >= 4 is 33.9 Å². The Morgan fingerprint density at radius 1 is 1.38 bits per heavy atom. The Morgan fingerprint density at radius 2 is 2.14 bits per heavy atom. The monoisotopic (exact) mass is 355 g/mol. The van der Waals surface area contributed by atoms with Gasteiger partial charge in [-0.2, -0.15) is 0 Å². The standard InChI is InChI=1S/C15H18BrNO4/c1-21-13-7-5-11(10-12(13)16)6-8-14(18)17-9-3-2-4-15(19)20/h5-8,10H,2-4,9H2,1H3,(H,17,18)(H,19,20)/b8-6+. The molecule has 1 aromatic rings. The number of benzene rings is 1. The van der Waals surface area contributed by atoms with Crippen molar-refractivity contribution in [1.82, 2.24) is 5.32 Å². The summed E-state index contributed by atoms with van der Waals surface area (Å²) in [6.45, 7) is 0.475. The first-order chi connectivity index (χ1) is 10.0. The number of carbonyl (C=O) groups excluding carboxylic acids is 1. The zero-order valence-electron chi connectivity index (χ0n) is 11.8. The van der Waals surface area contributed by atoms with Crippen LogP contribution in [0.25, 0.3) is 6.08 Å². The van der Waals surface area contributed by atoms with Gasteiger partial charge in [0.25, 0.3) is 0 Å². The van der Waals surface area contributed by atoms with Crippen molar-refractivity contribution in [1.29, 1.82) is 0 Å². The smallest absolute Gasteiger partial charge is 0.303 e. The number of carboxylic acid groups (broad SMARTS) is 1. The Morgan fingerprint density at radius 3 is 2.76 bits per heavy atom. The molecule has 0 fully saturated rings. The third kappa shape index (κ3) is 6.94. The van der Waals surface area contributed by atoms with Gasteiger partial charge < -0.3 is 15.2 Å². The van der Waals surface area contributed by atoms with Crippen molar-refractivity contribution in [2.75, 3.05) is 13.7 Å². The largest absolute Gasteiger partial charge is 0.496 e. The summed E-state index contributed by atoms with van der Waals surface area (Å²) in [6.07, 6.45) is 4.50. The first-order valence-corrected chi connectivity index (χ1v) is 7.33. The van der Waals surface area contributed by atoms with Crippen molar-refractivity contribution in [3.8, 4) is 5.75 Å². The van der Waals surface area contributed by atoms with Gasteiger partial charge in [-0.25, -0.2) is 0 Å². The second-order valence-corrected chi connectivity index (χ2v) is 5.22. The maximum Gasteiger partial charge on any atom is 0.303 e. The summed E-state index contributed by atoms with van der Waals surface area (Å²) in [7, 11) is 1.59. The SMILES string of the molecule is COc1ccc(/C=C/C(=O)NCCCCC(=O)O)cc1Br. The van der Waals surface area contributed by atoms with Crippen LogP contribution in [0.5, 0.6) is 5.75 Å².